The number of nitrogens with one attached hydrogen (secondary N) is 1. The van der Waals surface area contributed by atoms with Gasteiger partial charge in [-0.2, -0.15) is 11.3 Å². The molecule has 3 nitrogen and oxygen atoms in total. The van der Waals surface area contributed by atoms with Gasteiger partial charge in [-0.1, -0.05) is 13.3 Å². The van der Waals surface area contributed by atoms with Gasteiger partial charge in [0.1, 0.15) is 0 Å². The van der Waals surface area contributed by atoms with Crippen molar-refractivity contribution in [3.63, 3.8) is 0 Å². The van der Waals surface area contributed by atoms with Crippen LogP contribution in [-0.2, 0) is 6.42 Å². The normalized spacial score (nSPS) is 12.6. The summed E-state index contributed by atoms with van der Waals surface area (Å²) in [6.45, 7) is 4.89. The van der Waals surface area contributed by atoms with E-state index in [4.69, 9.17) is 0 Å². The molecule has 2 rings (SSSR count). The Bertz CT molecular complexity index is 602. The third-order valence-corrected chi connectivity index (χ3v) is 5.56. The van der Waals surface area contributed by atoms with Crippen LogP contribution in [0.25, 0.3) is 0 Å². The lowest BCUT2D eigenvalue weighted by atomic mass is 10.1. The van der Waals surface area contributed by atoms with E-state index in [1.165, 1.54) is 16.0 Å². The molecule has 0 aromatic carbocycles. The van der Waals surface area contributed by atoms with Crippen LogP contribution in [0, 0.1) is 6.92 Å². The molecular formula is C17H24N2OS2. The molecule has 0 fully saturated rings. The van der Waals surface area contributed by atoms with Crippen LogP contribution in [0.2, 0.25) is 0 Å². The summed E-state index contributed by atoms with van der Waals surface area (Å²) in [6, 6.07) is 4.39. The number of nitrogens with zero attached hydrogens (tertiary/aromatic N) is 1. The topological polar surface area (TPSA) is 32.3 Å². The number of carbonyl (C=O) groups is 1. The number of carbonyl (C=O) groups excluding carboxylic acids is 1. The second kappa shape index (κ2) is 7.90. The number of amides is 1. The fourth-order valence-electron chi connectivity index (χ4n) is 2.49. The summed E-state index contributed by atoms with van der Waals surface area (Å²) in [5.41, 5.74) is 2.56. The summed E-state index contributed by atoms with van der Waals surface area (Å²) in [7, 11) is 4.09. The van der Waals surface area contributed by atoms with E-state index in [9.17, 15) is 4.79 Å². The maximum Gasteiger partial charge on any atom is 0.261 e. The third-order valence-electron chi connectivity index (χ3n) is 3.77. The Morgan fingerprint density at radius 3 is 2.77 bits per heavy atom. The molecule has 1 N–H and O–H groups in total. The van der Waals surface area contributed by atoms with Crippen LogP contribution in [0.3, 0.4) is 0 Å². The van der Waals surface area contributed by atoms with Crippen LogP contribution in [0.5, 0.6) is 0 Å². The number of rotatable bonds is 7. The van der Waals surface area contributed by atoms with Gasteiger partial charge >= 0.3 is 0 Å². The van der Waals surface area contributed by atoms with Gasteiger partial charge in [0.15, 0.2) is 0 Å². The Morgan fingerprint density at radius 1 is 1.41 bits per heavy atom. The van der Waals surface area contributed by atoms with Crippen LogP contribution in [0.15, 0.2) is 22.9 Å². The number of likely N-dealkylation sites (N-methyl/N-ethyl adjacent to an activating group) is 1. The number of hydrogen-bond acceptors (Lipinski definition) is 4. The first-order valence-corrected chi connectivity index (χ1v) is 9.34. The molecule has 22 heavy (non-hydrogen) atoms. The number of thiophene rings is 2. The zero-order valence-corrected chi connectivity index (χ0v) is 15.3. The first-order valence-electron chi connectivity index (χ1n) is 7.59. The largest absolute Gasteiger partial charge is 0.349 e. The summed E-state index contributed by atoms with van der Waals surface area (Å²) in [6.07, 6.45) is 2.16. The van der Waals surface area contributed by atoms with Crippen molar-refractivity contribution < 1.29 is 4.79 Å². The molecule has 0 aliphatic rings. The third kappa shape index (κ3) is 4.18. The average molecular weight is 337 g/mol. The maximum absolute atomic E-state index is 12.4. The van der Waals surface area contributed by atoms with Gasteiger partial charge in [0.2, 0.25) is 0 Å². The Morgan fingerprint density at radius 2 is 2.18 bits per heavy atom. The van der Waals surface area contributed by atoms with Crippen LogP contribution in [-0.4, -0.2) is 31.4 Å². The summed E-state index contributed by atoms with van der Waals surface area (Å²) in [4.78, 5) is 16.6. The van der Waals surface area contributed by atoms with E-state index >= 15 is 0 Å². The zero-order chi connectivity index (χ0) is 16.1. The van der Waals surface area contributed by atoms with Crippen molar-refractivity contribution in [2.45, 2.75) is 32.7 Å². The van der Waals surface area contributed by atoms with Gasteiger partial charge in [-0.25, -0.2) is 0 Å². The first-order chi connectivity index (χ1) is 10.5. The molecule has 1 atom stereocenters. The molecule has 0 saturated carbocycles. The minimum atomic E-state index is 0.0394. The predicted octanol–water partition coefficient (Wildman–Crippen LogP) is 4.10. The molecule has 5 heteroatoms. The lowest BCUT2D eigenvalue weighted by molar-refractivity contribution is 0.0946. The lowest BCUT2D eigenvalue weighted by Crippen LogP contribution is -2.34. The van der Waals surface area contributed by atoms with Crippen LogP contribution >= 0.6 is 22.7 Å². The van der Waals surface area contributed by atoms with E-state index in [0.717, 1.165) is 17.7 Å². The van der Waals surface area contributed by atoms with Crippen LogP contribution in [0.1, 0.15) is 45.1 Å². The fourth-order valence-corrected chi connectivity index (χ4v) is 4.18. The molecule has 0 unspecified atom stereocenters. The summed E-state index contributed by atoms with van der Waals surface area (Å²) >= 11 is 3.29. The quantitative estimate of drug-likeness (QED) is 0.825. The van der Waals surface area contributed by atoms with Gasteiger partial charge in [0, 0.05) is 11.4 Å². The Hall–Kier alpha value is -1.17. The Kier molecular flexibility index (Phi) is 6.17. The molecule has 0 saturated heterocycles. The van der Waals surface area contributed by atoms with Crippen LogP contribution in [0.4, 0.5) is 0 Å². The minimum Gasteiger partial charge on any atom is -0.349 e. The van der Waals surface area contributed by atoms with Gasteiger partial charge in [-0.15, -0.1) is 11.3 Å². The molecule has 2 aromatic rings. The van der Waals surface area contributed by atoms with Crippen molar-refractivity contribution in [1.82, 2.24) is 10.2 Å². The average Bonchev–Trinajstić information content (AvgIpc) is 3.10. The number of hydrogen-bond donors (Lipinski definition) is 1. The van der Waals surface area contributed by atoms with E-state index in [2.05, 4.69) is 40.9 Å². The molecule has 2 aromatic heterocycles. The SMILES string of the molecule is CCCc1cc(C(=O)NC[C@H](c2ccsc2)N(C)C)sc1C. The van der Waals surface area contributed by atoms with E-state index in [0.29, 0.717) is 6.54 Å². The summed E-state index contributed by atoms with van der Waals surface area (Å²) in [5, 5.41) is 7.31. The summed E-state index contributed by atoms with van der Waals surface area (Å²) < 4.78 is 0. The van der Waals surface area contributed by atoms with Gasteiger partial charge in [-0.3, -0.25) is 4.79 Å². The Labute approximate surface area is 141 Å². The highest BCUT2D eigenvalue weighted by Gasteiger charge is 2.17. The highest BCUT2D eigenvalue weighted by Crippen LogP contribution is 2.24. The van der Waals surface area contributed by atoms with E-state index in [-0.39, 0.29) is 11.9 Å². The molecule has 120 valence electrons. The van der Waals surface area contributed by atoms with Crippen molar-refractivity contribution in [1.29, 1.82) is 0 Å². The van der Waals surface area contributed by atoms with E-state index in [1.54, 1.807) is 22.7 Å². The predicted molar refractivity (Wildman–Crippen MR) is 96.1 cm³/mol. The summed E-state index contributed by atoms with van der Waals surface area (Å²) in [5.74, 6) is 0.0394. The van der Waals surface area contributed by atoms with Crippen molar-refractivity contribution in [3.8, 4) is 0 Å². The molecule has 0 aliphatic heterocycles. The van der Waals surface area contributed by atoms with Crippen molar-refractivity contribution in [3.05, 3.63) is 43.8 Å². The Balaban J connectivity index is 2.01. The molecule has 0 bridgehead atoms. The molecular weight excluding hydrogens is 312 g/mol. The van der Waals surface area contributed by atoms with Gasteiger partial charge < -0.3 is 10.2 Å². The maximum atomic E-state index is 12.4. The lowest BCUT2D eigenvalue weighted by Gasteiger charge is -2.23. The van der Waals surface area contributed by atoms with Gasteiger partial charge in [0.05, 0.1) is 10.9 Å². The van der Waals surface area contributed by atoms with Crippen molar-refractivity contribution >= 4 is 28.6 Å². The highest BCUT2D eigenvalue weighted by molar-refractivity contribution is 7.14. The molecule has 0 radical (unpaired) electrons. The standard InChI is InChI=1S/C17H24N2OS2/c1-5-6-13-9-16(22-12(13)2)17(20)18-10-15(19(3)4)14-7-8-21-11-14/h7-9,11,15H,5-6,10H2,1-4H3,(H,18,20)/t15-/m1/s1. The van der Waals surface area contributed by atoms with E-state index < -0.39 is 0 Å². The van der Waals surface area contributed by atoms with Crippen molar-refractivity contribution in [2.75, 3.05) is 20.6 Å². The zero-order valence-electron chi connectivity index (χ0n) is 13.7. The second-order valence-corrected chi connectivity index (χ2v) is 7.72. The first kappa shape index (κ1) is 17.2. The van der Waals surface area contributed by atoms with E-state index in [1.807, 2.05) is 20.2 Å². The van der Waals surface area contributed by atoms with Crippen molar-refractivity contribution in [2.24, 2.45) is 0 Å². The van der Waals surface area contributed by atoms with Crippen LogP contribution < -0.4 is 5.32 Å². The molecule has 2 heterocycles. The smallest absolute Gasteiger partial charge is 0.261 e. The van der Waals surface area contributed by atoms with Gasteiger partial charge in [-0.05, 0) is 61.5 Å². The molecule has 0 spiro atoms. The molecule has 1 amide bonds. The minimum absolute atomic E-state index is 0.0394. The van der Waals surface area contributed by atoms with Gasteiger partial charge in [0.25, 0.3) is 5.91 Å². The fraction of sp³-hybridized carbons (Fsp3) is 0.471. The number of aryl methyl sites for hydroxylation is 2. The highest BCUT2D eigenvalue weighted by atomic mass is 32.1. The monoisotopic (exact) mass is 336 g/mol. The second-order valence-electron chi connectivity index (χ2n) is 5.69. The molecule has 0 aliphatic carbocycles.